The van der Waals surface area contributed by atoms with Gasteiger partial charge in [0, 0.05) is 18.3 Å². The lowest BCUT2D eigenvalue weighted by Gasteiger charge is -2.35. The summed E-state index contributed by atoms with van der Waals surface area (Å²) in [5.41, 5.74) is 0. The SMILES string of the molecule is O=S(=O)(NCC1CCN([C@H]2CCSC2)CC1)c1ccc(Cl)s1. The molecule has 22 heavy (non-hydrogen) atoms. The average Bonchev–Trinajstić information content (AvgIpc) is 3.17. The van der Waals surface area contributed by atoms with Crippen LogP contribution < -0.4 is 4.72 Å². The molecule has 0 spiro atoms. The number of sulfonamides is 1. The Morgan fingerprint density at radius 2 is 2.05 bits per heavy atom. The molecule has 3 rings (SSSR count). The highest BCUT2D eigenvalue weighted by Crippen LogP contribution is 2.28. The molecule has 2 aliphatic rings. The molecule has 2 fully saturated rings. The molecule has 0 saturated carbocycles. The van der Waals surface area contributed by atoms with Gasteiger partial charge in [-0.05, 0) is 56.2 Å². The van der Waals surface area contributed by atoms with E-state index < -0.39 is 10.0 Å². The minimum absolute atomic E-state index is 0.304. The molecule has 0 unspecified atom stereocenters. The summed E-state index contributed by atoms with van der Waals surface area (Å²) < 4.78 is 27.9. The second kappa shape index (κ2) is 7.40. The Kier molecular flexibility index (Phi) is 5.74. The molecule has 2 saturated heterocycles. The first-order valence-electron chi connectivity index (χ1n) is 7.61. The predicted octanol–water partition coefficient (Wildman–Crippen LogP) is 2.90. The Balaban J connectivity index is 1.47. The Labute approximate surface area is 145 Å². The van der Waals surface area contributed by atoms with Crippen LogP contribution in [0.1, 0.15) is 19.3 Å². The van der Waals surface area contributed by atoms with Crippen LogP contribution in [0.3, 0.4) is 0 Å². The van der Waals surface area contributed by atoms with Gasteiger partial charge in [0.1, 0.15) is 4.21 Å². The van der Waals surface area contributed by atoms with E-state index in [9.17, 15) is 8.42 Å². The van der Waals surface area contributed by atoms with Gasteiger partial charge in [0.25, 0.3) is 0 Å². The molecule has 4 nitrogen and oxygen atoms in total. The Bertz CT molecular complexity index is 591. The third-order valence-corrected chi connectivity index (χ3v) is 8.74. The van der Waals surface area contributed by atoms with E-state index >= 15 is 0 Å². The van der Waals surface area contributed by atoms with Crippen molar-refractivity contribution < 1.29 is 8.42 Å². The van der Waals surface area contributed by atoms with E-state index in [4.69, 9.17) is 11.6 Å². The zero-order valence-electron chi connectivity index (χ0n) is 12.3. The third kappa shape index (κ3) is 4.19. The number of halogens is 1. The molecule has 8 heteroatoms. The lowest BCUT2D eigenvalue weighted by atomic mass is 9.96. The Hall–Kier alpha value is 0.210. The van der Waals surface area contributed by atoms with E-state index in [1.165, 1.54) is 17.9 Å². The second-order valence-electron chi connectivity index (χ2n) is 5.91. The average molecular weight is 381 g/mol. The number of nitrogens with one attached hydrogen (secondary N) is 1. The van der Waals surface area contributed by atoms with Crippen molar-refractivity contribution >= 4 is 44.7 Å². The zero-order chi connectivity index (χ0) is 15.6. The molecule has 0 amide bonds. The van der Waals surface area contributed by atoms with Gasteiger partial charge in [-0.15, -0.1) is 11.3 Å². The van der Waals surface area contributed by atoms with E-state index in [2.05, 4.69) is 9.62 Å². The maximum atomic E-state index is 12.2. The Morgan fingerprint density at radius 3 is 2.64 bits per heavy atom. The molecule has 0 aliphatic carbocycles. The molecule has 0 aromatic carbocycles. The number of hydrogen-bond donors (Lipinski definition) is 1. The summed E-state index contributed by atoms with van der Waals surface area (Å²) in [5.74, 6) is 2.99. The summed E-state index contributed by atoms with van der Waals surface area (Å²) in [5, 5.41) is 0. The van der Waals surface area contributed by atoms with Crippen LogP contribution in [-0.4, -0.2) is 50.5 Å². The number of likely N-dealkylation sites (tertiary alicyclic amines) is 1. The molecule has 1 aromatic heterocycles. The fraction of sp³-hybridized carbons (Fsp3) is 0.714. The fourth-order valence-electron chi connectivity index (χ4n) is 3.07. The summed E-state index contributed by atoms with van der Waals surface area (Å²) in [4.78, 5) is 2.59. The molecule has 0 radical (unpaired) electrons. The number of hydrogen-bond acceptors (Lipinski definition) is 5. The third-order valence-electron chi connectivity index (χ3n) is 4.45. The number of thiophene rings is 1. The topological polar surface area (TPSA) is 49.4 Å². The summed E-state index contributed by atoms with van der Waals surface area (Å²) in [6.07, 6.45) is 3.46. The van der Waals surface area contributed by atoms with Crippen LogP contribution in [0.4, 0.5) is 0 Å². The minimum atomic E-state index is -3.40. The van der Waals surface area contributed by atoms with Crippen molar-refractivity contribution in [3.63, 3.8) is 0 Å². The van der Waals surface area contributed by atoms with Crippen molar-refractivity contribution in [2.75, 3.05) is 31.1 Å². The van der Waals surface area contributed by atoms with Crippen LogP contribution in [0.25, 0.3) is 0 Å². The molecular formula is C14H21ClN2O2S3. The summed E-state index contributed by atoms with van der Waals surface area (Å²) >= 11 is 8.96. The van der Waals surface area contributed by atoms with Crippen LogP contribution in [0, 0.1) is 5.92 Å². The Morgan fingerprint density at radius 1 is 1.27 bits per heavy atom. The summed E-state index contributed by atoms with van der Waals surface area (Å²) in [6, 6.07) is 3.94. The van der Waals surface area contributed by atoms with Crippen LogP contribution in [0.5, 0.6) is 0 Å². The minimum Gasteiger partial charge on any atom is -0.300 e. The molecule has 1 aromatic rings. The van der Waals surface area contributed by atoms with Gasteiger partial charge in [0.15, 0.2) is 0 Å². The standard InChI is InChI=1S/C14H21ClN2O2S3/c15-13-1-2-14(21-13)22(18,19)16-9-11-3-6-17(7-4-11)12-5-8-20-10-12/h1-2,11-12,16H,3-10H2/t12-/m0/s1. The smallest absolute Gasteiger partial charge is 0.250 e. The van der Waals surface area contributed by atoms with E-state index in [-0.39, 0.29) is 0 Å². The quantitative estimate of drug-likeness (QED) is 0.853. The van der Waals surface area contributed by atoms with Crippen molar-refractivity contribution in [2.45, 2.75) is 29.5 Å². The van der Waals surface area contributed by atoms with Gasteiger partial charge in [-0.2, -0.15) is 11.8 Å². The predicted molar refractivity (Wildman–Crippen MR) is 94.5 cm³/mol. The first-order valence-corrected chi connectivity index (χ1v) is 11.4. The maximum absolute atomic E-state index is 12.2. The second-order valence-corrected chi connectivity index (χ2v) is 10.8. The summed E-state index contributed by atoms with van der Waals surface area (Å²) in [6.45, 7) is 2.73. The molecular weight excluding hydrogens is 360 g/mol. The number of rotatable bonds is 5. The summed E-state index contributed by atoms with van der Waals surface area (Å²) in [7, 11) is -3.40. The van der Waals surface area contributed by atoms with E-state index in [0.29, 0.717) is 21.0 Å². The molecule has 2 aliphatic heterocycles. The number of piperidine rings is 1. The van der Waals surface area contributed by atoms with E-state index in [1.54, 1.807) is 12.1 Å². The van der Waals surface area contributed by atoms with E-state index in [0.717, 1.165) is 43.3 Å². The van der Waals surface area contributed by atoms with Gasteiger partial charge >= 0.3 is 0 Å². The van der Waals surface area contributed by atoms with Crippen molar-refractivity contribution in [3.8, 4) is 0 Å². The first-order chi connectivity index (χ1) is 10.5. The van der Waals surface area contributed by atoms with Gasteiger partial charge in [-0.3, -0.25) is 4.90 Å². The van der Waals surface area contributed by atoms with Gasteiger partial charge in [0.2, 0.25) is 10.0 Å². The monoisotopic (exact) mass is 380 g/mol. The van der Waals surface area contributed by atoms with Gasteiger partial charge in [0.05, 0.1) is 4.34 Å². The molecule has 0 bridgehead atoms. The highest BCUT2D eigenvalue weighted by Gasteiger charge is 2.28. The van der Waals surface area contributed by atoms with Crippen LogP contribution in [0.2, 0.25) is 4.34 Å². The lowest BCUT2D eigenvalue weighted by molar-refractivity contribution is 0.145. The molecule has 1 N–H and O–H groups in total. The number of thioether (sulfide) groups is 1. The van der Waals surface area contributed by atoms with Gasteiger partial charge in [-0.1, -0.05) is 11.6 Å². The van der Waals surface area contributed by atoms with Crippen molar-refractivity contribution in [1.82, 2.24) is 9.62 Å². The normalized spacial score (nSPS) is 24.9. The lowest BCUT2D eigenvalue weighted by Crippen LogP contribution is -2.43. The van der Waals surface area contributed by atoms with Gasteiger partial charge < -0.3 is 0 Å². The fourth-order valence-corrected chi connectivity index (χ4v) is 6.97. The van der Waals surface area contributed by atoms with Crippen molar-refractivity contribution in [1.29, 1.82) is 0 Å². The first kappa shape index (κ1) is 17.0. The van der Waals surface area contributed by atoms with Crippen molar-refractivity contribution in [2.24, 2.45) is 5.92 Å². The van der Waals surface area contributed by atoms with E-state index in [1.807, 2.05) is 11.8 Å². The highest BCUT2D eigenvalue weighted by atomic mass is 35.5. The van der Waals surface area contributed by atoms with Crippen LogP contribution in [-0.2, 0) is 10.0 Å². The molecule has 124 valence electrons. The van der Waals surface area contributed by atoms with Crippen LogP contribution >= 0.6 is 34.7 Å². The van der Waals surface area contributed by atoms with Crippen LogP contribution in [0.15, 0.2) is 16.3 Å². The van der Waals surface area contributed by atoms with Gasteiger partial charge in [-0.25, -0.2) is 13.1 Å². The maximum Gasteiger partial charge on any atom is 0.250 e. The largest absolute Gasteiger partial charge is 0.300 e. The number of nitrogens with zero attached hydrogens (tertiary/aromatic N) is 1. The zero-order valence-corrected chi connectivity index (χ0v) is 15.5. The molecule has 3 heterocycles. The molecule has 1 atom stereocenters. The van der Waals surface area contributed by atoms with Crippen molar-refractivity contribution in [3.05, 3.63) is 16.5 Å². The highest BCUT2D eigenvalue weighted by molar-refractivity contribution is 7.99.